The van der Waals surface area contributed by atoms with Crippen molar-refractivity contribution in [3.8, 4) is 11.5 Å². The number of fused-ring (bicyclic) bond motifs is 1. The van der Waals surface area contributed by atoms with E-state index >= 15 is 0 Å². The summed E-state index contributed by atoms with van der Waals surface area (Å²) in [6.07, 6.45) is 2.45. The number of aryl methyl sites for hydroxylation is 1. The van der Waals surface area contributed by atoms with Crippen molar-refractivity contribution in [2.45, 2.75) is 51.8 Å². The highest BCUT2D eigenvalue weighted by Gasteiger charge is 2.20. The Bertz CT molecular complexity index is 1470. The van der Waals surface area contributed by atoms with Crippen LogP contribution >= 0.6 is 0 Å². The number of aromatic nitrogens is 2. The van der Waals surface area contributed by atoms with E-state index in [0.29, 0.717) is 30.3 Å². The zero-order valence-electron chi connectivity index (χ0n) is 22.5. The number of benzene rings is 2. The fraction of sp³-hybridized carbons (Fsp3) is 0.429. The normalized spacial score (nSPS) is 14.8. The van der Waals surface area contributed by atoms with E-state index in [1.165, 1.54) is 30.9 Å². The number of carbonyl (C=O) groups is 2. The number of amides is 2. The molecule has 0 saturated carbocycles. The Balaban J connectivity index is 1.67. The molecule has 1 unspecified atom stereocenters. The van der Waals surface area contributed by atoms with Crippen molar-refractivity contribution in [3.05, 3.63) is 62.8 Å². The van der Waals surface area contributed by atoms with Crippen molar-refractivity contribution in [2.75, 3.05) is 32.7 Å². The predicted octanol–water partition coefficient (Wildman–Crippen LogP) is 2.07. The summed E-state index contributed by atoms with van der Waals surface area (Å²) in [5.41, 5.74) is 0.536. The Morgan fingerprint density at radius 3 is 2.49 bits per heavy atom. The van der Waals surface area contributed by atoms with Gasteiger partial charge >= 0.3 is 5.69 Å². The van der Waals surface area contributed by atoms with Crippen LogP contribution in [0.1, 0.15) is 31.7 Å². The Kier molecular flexibility index (Phi) is 9.03. The zero-order chi connectivity index (χ0) is 27.9. The van der Waals surface area contributed by atoms with Gasteiger partial charge in [-0.2, -0.15) is 0 Å². The summed E-state index contributed by atoms with van der Waals surface area (Å²) < 4.78 is 18.4. The Morgan fingerprint density at radius 2 is 1.79 bits per heavy atom. The number of anilines is 1. The number of nitrogens with zero attached hydrogens (tertiary/aromatic N) is 2. The van der Waals surface area contributed by atoms with Gasteiger partial charge in [-0.15, -0.1) is 0 Å². The lowest BCUT2D eigenvalue weighted by Gasteiger charge is -2.17. The number of carbonyl (C=O) groups excluding carboxylic acids is 2. The van der Waals surface area contributed by atoms with E-state index in [1.807, 2.05) is 25.1 Å². The molecule has 0 radical (unpaired) electrons. The average Bonchev–Trinajstić information content (AvgIpc) is 3.47. The standard InChI is InChI=1S/C28H34N4O7/c1-4-18-8-5-6-10-21(18)30-26(34)17-32-22-15-24(38-3)23(37-2)14-20(22)27(35)31(28(32)36)12-11-25(33)29-16-19-9-7-13-39-19/h5-6,8,10,14-15,19H,4,7,9,11-13,16-17H2,1-3H3,(H,29,33)(H,30,34). The van der Waals surface area contributed by atoms with Gasteiger partial charge in [0.15, 0.2) is 11.5 Å². The quantitative estimate of drug-likeness (QED) is 0.382. The zero-order valence-corrected chi connectivity index (χ0v) is 22.5. The second-order valence-electron chi connectivity index (χ2n) is 9.30. The molecule has 0 aliphatic carbocycles. The largest absolute Gasteiger partial charge is 0.493 e. The number of rotatable bonds is 11. The molecule has 1 aromatic heterocycles. The lowest BCUT2D eigenvalue weighted by molar-refractivity contribution is -0.122. The minimum absolute atomic E-state index is 0.0200. The van der Waals surface area contributed by atoms with Crippen LogP contribution in [0.15, 0.2) is 46.0 Å². The van der Waals surface area contributed by atoms with Crippen molar-refractivity contribution in [2.24, 2.45) is 0 Å². The maximum Gasteiger partial charge on any atom is 0.331 e. The summed E-state index contributed by atoms with van der Waals surface area (Å²) in [5, 5.41) is 5.82. The van der Waals surface area contributed by atoms with Crippen LogP contribution in [-0.2, 0) is 33.8 Å². The molecule has 1 atom stereocenters. The first-order valence-corrected chi connectivity index (χ1v) is 13.0. The number of hydrogen-bond acceptors (Lipinski definition) is 7. The van der Waals surface area contributed by atoms with Crippen LogP contribution in [0.3, 0.4) is 0 Å². The maximum absolute atomic E-state index is 13.6. The molecule has 0 spiro atoms. The van der Waals surface area contributed by atoms with Gasteiger partial charge in [0.25, 0.3) is 5.56 Å². The van der Waals surface area contributed by atoms with Gasteiger partial charge in [0, 0.05) is 37.9 Å². The summed E-state index contributed by atoms with van der Waals surface area (Å²) >= 11 is 0. The average molecular weight is 539 g/mol. The number of hydrogen-bond donors (Lipinski definition) is 2. The maximum atomic E-state index is 13.6. The SMILES string of the molecule is CCc1ccccc1NC(=O)Cn1c(=O)n(CCC(=O)NCC2CCCO2)c(=O)c2cc(OC)c(OC)cc21. The van der Waals surface area contributed by atoms with E-state index in [-0.39, 0.29) is 42.4 Å². The molecule has 1 aliphatic rings. The molecule has 208 valence electrons. The van der Waals surface area contributed by atoms with Gasteiger partial charge < -0.3 is 24.8 Å². The molecule has 11 heteroatoms. The molecule has 2 N–H and O–H groups in total. The summed E-state index contributed by atoms with van der Waals surface area (Å²) in [4.78, 5) is 52.6. The minimum Gasteiger partial charge on any atom is -0.493 e. The highest BCUT2D eigenvalue weighted by Crippen LogP contribution is 2.30. The van der Waals surface area contributed by atoms with E-state index in [0.717, 1.165) is 29.4 Å². The fourth-order valence-corrected chi connectivity index (χ4v) is 4.71. The smallest absolute Gasteiger partial charge is 0.331 e. The third-order valence-electron chi connectivity index (χ3n) is 6.82. The van der Waals surface area contributed by atoms with Crippen molar-refractivity contribution in [1.29, 1.82) is 0 Å². The summed E-state index contributed by atoms with van der Waals surface area (Å²) in [6.45, 7) is 2.54. The molecule has 2 aromatic carbocycles. The van der Waals surface area contributed by atoms with Crippen LogP contribution in [0.4, 0.5) is 5.69 Å². The first-order valence-electron chi connectivity index (χ1n) is 13.0. The molecule has 0 bridgehead atoms. The number of ether oxygens (including phenoxy) is 3. The topological polar surface area (TPSA) is 130 Å². The van der Waals surface area contributed by atoms with E-state index in [4.69, 9.17) is 14.2 Å². The van der Waals surface area contributed by atoms with Gasteiger partial charge in [-0.1, -0.05) is 25.1 Å². The van der Waals surface area contributed by atoms with Crippen LogP contribution < -0.4 is 31.4 Å². The van der Waals surface area contributed by atoms with Gasteiger partial charge in [-0.3, -0.25) is 23.5 Å². The molecule has 39 heavy (non-hydrogen) atoms. The van der Waals surface area contributed by atoms with Crippen LogP contribution in [0.25, 0.3) is 10.9 Å². The number of para-hydroxylation sites is 1. The van der Waals surface area contributed by atoms with Crippen LogP contribution in [-0.4, -0.2) is 54.4 Å². The van der Waals surface area contributed by atoms with E-state index in [2.05, 4.69) is 10.6 Å². The molecule has 2 heterocycles. The molecule has 2 amide bonds. The number of methoxy groups -OCH3 is 2. The lowest BCUT2D eigenvalue weighted by atomic mass is 10.1. The monoisotopic (exact) mass is 538 g/mol. The molecular formula is C28H34N4O7. The van der Waals surface area contributed by atoms with Crippen LogP contribution in [0.5, 0.6) is 11.5 Å². The molecule has 4 rings (SSSR count). The molecule has 11 nitrogen and oxygen atoms in total. The molecule has 3 aromatic rings. The van der Waals surface area contributed by atoms with E-state index in [9.17, 15) is 19.2 Å². The van der Waals surface area contributed by atoms with Crippen LogP contribution in [0, 0.1) is 0 Å². The van der Waals surface area contributed by atoms with Gasteiger partial charge in [0.2, 0.25) is 11.8 Å². The van der Waals surface area contributed by atoms with Crippen molar-refractivity contribution in [3.63, 3.8) is 0 Å². The van der Waals surface area contributed by atoms with E-state index in [1.54, 1.807) is 6.07 Å². The first kappa shape index (κ1) is 27.9. The van der Waals surface area contributed by atoms with Gasteiger partial charge in [-0.05, 0) is 37.0 Å². The van der Waals surface area contributed by atoms with E-state index < -0.39 is 17.2 Å². The molecule has 1 aliphatic heterocycles. The first-order chi connectivity index (χ1) is 18.9. The summed E-state index contributed by atoms with van der Waals surface area (Å²) in [7, 11) is 2.88. The van der Waals surface area contributed by atoms with Crippen molar-refractivity contribution < 1.29 is 23.8 Å². The summed E-state index contributed by atoms with van der Waals surface area (Å²) in [5.74, 6) is -0.131. The Hall–Kier alpha value is -4.12. The Labute approximate surface area is 225 Å². The predicted molar refractivity (Wildman–Crippen MR) is 147 cm³/mol. The van der Waals surface area contributed by atoms with Gasteiger partial charge in [0.05, 0.1) is 31.2 Å². The van der Waals surface area contributed by atoms with Gasteiger partial charge in [0.1, 0.15) is 6.54 Å². The lowest BCUT2D eigenvalue weighted by Crippen LogP contribution is -2.43. The fourth-order valence-electron chi connectivity index (χ4n) is 4.71. The molecular weight excluding hydrogens is 504 g/mol. The van der Waals surface area contributed by atoms with Crippen molar-refractivity contribution in [1.82, 2.24) is 14.5 Å². The van der Waals surface area contributed by atoms with Gasteiger partial charge in [-0.25, -0.2) is 4.79 Å². The van der Waals surface area contributed by atoms with Crippen molar-refractivity contribution >= 4 is 28.4 Å². The Morgan fingerprint density at radius 1 is 1.05 bits per heavy atom. The highest BCUT2D eigenvalue weighted by molar-refractivity contribution is 5.92. The summed E-state index contributed by atoms with van der Waals surface area (Å²) in [6, 6.07) is 10.4. The molecule has 1 fully saturated rings. The highest BCUT2D eigenvalue weighted by atomic mass is 16.5. The molecule has 1 saturated heterocycles. The van der Waals surface area contributed by atoms with Crippen LogP contribution in [0.2, 0.25) is 0 Å². The minimum atomic E-state index is -0.703. The third kappa shape index (κ3) is 6.31. The number of nitrogens with one attached hydrogen (secondary N) is 2. The second kappa shape index (κ2) is 12.6. The second-order valence-corrected chi connectivity index (χ2v) is 9.30. The third-order valence-corrected chi connectivity index (χ3v) is 6.82.